The summed E-state index contributed by atoms with van der Waals surface area (Å²) >= 11 is 1.58. The summed E-state index contributed by atoms with van der Waals surface area (Å²) in [6.45, 7) is 3.95. The molecular weight excluding hydrogens is 260 g/mol. The molecule has 0 spiro atoms. The molecule has 0 aliphatic carbocycles. The number of nitrogens with zero attached hydrogens (tertiary/aromatic N) is 3. The predicted octanol–water partition coefficient (Wildman–Crippen LogP) is 1.80. The Kier molecular flexibility index (Phi) is 3.44. The van der Waals surface area contributed by atoms with E-state index in [1.54, 1.807) is 17.5 Å². The first-order valence-electron chi connectivity index (χ1n) is 6.47. The van der Waals surface area contributed by atoms with Gasteiger partial charge in [0.15, 0.2) is 5.69 Å². The lowest BCUT2D eigenvalue weighted by Crippen LogP contribution is -2.29. The van der Waals surface area contributed by atoms with Crippen molar-refractivity contribution in [3.63, 3.8) is 0 Å². The molecule has 2 aromatic heterocycles. The maximum atomic E-state index is 12.3. The van der Waals surface area contributed by atoms with Crippen LogP contribution in [0.5, 0.6) is 0 Å². The SMILES string of the molecule is Cc1sccc1C(=O)c1cn(C2CCNCC2)nn1. The molecule has 1 saturated heterocycles. The van der Waals surface area contributed by atoms with E-state index in [0.717, 1.165) is 36.4 Å². The zero-order valence-corrected chi connectivity index (χ0v) is 11.6. The fraction of sp³-hybridized carbons (Fsp3) is 0.462. The fourth-order valence-electron chi connectivity index (χ4n) is 2.39. The van der Waals surface area contributed by atoms with E-state index in [1.807, 2.05) is 23.1 Å². The highest BCUT2D eigenvalue weighted by Crippen LogP contribution is 2.20. The van der Waals surface area contributed by atoms with Crippen molar-refractivity contribution in [1.82, 2.24) is 20.3 Å². The van der Waals surface area contributed by atoms with Crippen LogP contribution in [0.15, 0.2) is 17.6 Å². The average molecular weight is 276 g/mol. The average Bonchev–Trinajstić information content (AvgIpc) is 3.08. The molecule has 6 heteroatoms. The lowest BCUT2D eigenvalue weighted by atomic mass is 10.1. The Hall–Kier alpha value is -1.53. The topological polar surface area (TPSA) is 59.8 Å². The van der Waals surface area contributed by atoms with Gasteiger partial charge in [-0.05, 0) is 44.3 Å². The number of hydrogen-bond donors (Lipinski definition) is 1. The molecule has 3 rings (SSSR count). The monoisotopic (exact) mass is 276 g/mol. The second kappa shape index (κ2) is 5.22. The van der Waals surface area contributed by atoms with Crippen LogP contribution in [0.3, 0.4) is 0 Å². The number of carbonyl (C=O) groups excluding carboxylic acids is 1. The molecule has 2 aromatic rings. The van der Waals surface area contributed by atoms with Crippen LogP contribution in [0.4, 0.5) is 0 Å². The van der Waals surface area contributed by atoms with E-state index in [1.165, 1.54) is 0 Å². The molecule has 0 unspecified atom stereocenters. The Bertz CT molecular complexity index is 583. The molecule has 1 fully saturated rings. The van der Waals surface area contributed by atoms with Crippen LogP contribution >= 0.6 is 11.3 Å². The van der Waals surface area contributed by atoms with Crippen molar-refractivity contribution in [2.75, 3.05) is 13.1 Å². The van der Waals surface area contributed by atoms with Gasteiger partial charge in [-0.25, -0.2) is 4.68 Å². The fourth-order valence-corrected chi connectivity index (χ4v) is 3.08. The van der Waals surface area contributed by atoms with Gasteiger partial charge in [0.25, 0.3) is 0 Å². The quantitative estimate of drug-likeness (QED) is 0.869. The Labute approximate surface area is 115 Å². The zero-order valence-electron chi connectivity index (χ0n) is 10.8. The van der Waals surface area contributed by atoms with E-state index < -0.39 is 0 Å². The summed E-state index contributed by atoms with van der Waals surface area (Å²) in [5, 5.41) is 13.4. The number of ketones is 1. The van der Waals surface area contributed by atoms with Crippen molar-refractivity contribution < 1.29 is 4.79 Å². The van der Waals surface area contributed by atoms with Crippen LogP contribution < -0.4 is 5.32 Å². The van der Waals surface area contributed by atoms with Crippen molar-refractivity contribution in [2.45, 2.75) is 25.8 Å². The van der Waals surface area contributed by atoms with E-state index in [4.69, 9.17) is 0 Å². The number of aromatic nitrogens is 3. The van der Waals surface area contributed by atoms with Crippen molar-refractivity contribution in [3.05, 3.63) is 33.8 Å². The molecule has 0 atom stereocenters. The number of rotatable bonds is 3. The molecule has 1 aliphatic rings. The predicted molar refractivity (Wildman–Crippen MR) is 73.7 cm³/mol. The molecule has 0 bridgehead atoms. The Morgan fingerprint density at radius 2 is 2.26 bits per heavy atom. The summed E-state index contributed by atoms with van der Waals surface area (Å²) in [4.78, 5) is 13.3. The maximum Gasteiger partial charge on any atom is 0.215 e. The number of aryl methyl sites for hydroxylation is 1. The van der Waals surface area contributed by atoms with Crippen LogP contribution in [0.2, 0.25) is 0 Å². The number of nitrogens with one attached hydrogen (secondary N) is 1. The van der Waals surface area contributed by atoms with Crippen molar-refractivity contribution in [1.29, 1.82) is 0 Å². The van der Waals surface area contributed by atoms with Crippen LogP contribution in [0, 0.1) is 6.92 Å². The molecule has 0 amide bonds. The number of piperidine rings is 1. The third-order valence-electron chi connectivity index (χ3n) is 3.53. The lowest BCUT2D eigenvalue weighted by Gasteiger charge is -2.22. The first kappa shape index (κ1) is 12.5. The van der Waals surface area contributed by atoms with Crippen molar-refractivity contribution >= 4 is 17.1 Å². The maximum absolute atomic E-state index is 12.3. The summed E-state index contributed by atoms with van der Waals surface area (Å²) in [6, 6.07) is 2.21. The van der Waals surface area contributed by atoms with E-state index in [-0.39, 0.29) is 5.78 Å². The minimum absolute atomic E-state index is 0.0288. The molecule has 19 heavy (non-hydrogen) atoms. The number of thiophene rings is 1. The Balaban J connectivity index is 1.81. The molecule has 1 aliphatic heterocycles. The second-order valence-corrected chi connectivity index (χ2v) is 5.90. The highest BCUT2D eigenvalue weighted by Gasteiger charge is 2.20. The molecule has 5 nitrogen and oxygen atoms in total. The first-order valence-corrected chi connectivity index (χ1v) is 7.35. The van der Waals surface area contributed by atoms with Crippen LogP contribution in [0.1, 0.15) is 39.8 Å². The zero-order chi connectivity index (χ0) is 13.2. The van der Waals surface area contributed by atoms with E-state index in [2.05, 4.69) is 15.6 Å². The smallest absolute Gasteiger partial charge is 0.215 e. The van der Waals surface area contributed by atoms with E-state index in [0.29, 0.717) is 11.7 Å². The van der Waals surface area contributed by atoms with Crippen LogP contribution in [-0.4, -0.2) is 33.9 Å². The molecule has 0 radical (unpaired) electrons. The van der Waals surface area contributed by atoms with Gasteiger partial charge < -0.3 is 5.32 Å². The third kappa shape index (κ3) is 2.46. The summed E-state index contributed by atoms with van der Waals surface area (Å²) in [6.07, 6.45) is 3.86. The number of carbonyl (C=O) groups is 1. The normalized spacial score (nSPS) is 16.7. The van der Waals surface area contributed by atoms with Gasteiger partial charge in [-0.1, -0.05) is 5.21 Å². The van der Waals surface area contributed by atoms with Gasteiger partial charge in [0.2, 0.25) is 5.78 Å². The van der Waals surface area contributed by atoms with Crippen molar-refractivity contribution in [3.8, 4) is 0 Å². The van der Waals surface area contributed by atoms with Crippen LogP contribution in [-0.2, 0) is 0 Å². The van der Waals surface area contributed by atoms with Gasteiger partial charge in [-0.3, -0.25) is 4.79 Å². The lowest BCUT2D eigenvalue weighted by molar-refractivity contribution is 0.103. The molecule has 0 aromatic carbocycles. The van der Waals surface area contributed by atoms with Crippen molar-refractivity contribution in [2.24, 2.45) is 0 Å². The standard InChI is InChI=1S/C13H16N4OS/c1-9-11(4-7-19-9)13(18)12-8-17(16-15-12)10-2-5-14-6-3-10/h4,7-8,10,14H,2-3,5-6H2,1H3. The van der Waals surface area contributed by atoms with Gasteiger partial charge >= 0.3 is 0 Å². The summed E-state index contributed by atoms with van der Waals surface area (Å²) in [5.41, 5.74) is 1.18. The minimum Gasteiger partial charge on any atom is -0.317 e. The summed E-state index contributed by atoms with van der Waals surface area (Å²) < 4.78 is 1.84. The second-order valence-electron chi connectivity index (χ2n) is 4.78. The van der Waals surface area contributed by atoms with Gasteiger partial charge in [-0.15, -0.1) is 16.4 Å². The third-order valence-corrected chi connectivity index (χ3v) is 4.37. The molecular formula is C13H16N4OS. The summed E-state index contributed by atoms with van der Waals surface area (Å²) in [5.74, 6) is -0.0288. The van der Waals surface area contributed by atoms with Gasteiger partial charge in [-0.2, -0.15) is 0 Å². The van der Waals surface area contributed by atoms with Crippen LogP contribution in [0.25, 0.3) is 0 Å². The van der Waals surface area contributed by atoms with Gasteiger partial charge in [0.05, 0.1) is 12.2 Å². The minimum atomic E-state index is -0.0288. The Morgan fingerprint density at radius 3 is 2.95 bits per heavy atom. The first-order chi connectivity index (χ1) is 9.25. The van der Waals surface area contributed by atoms with E-state index in [9.17, 15) is 4.79 Å². The largest absolute Gasteiger partial charge is 0.317 e. The molecule has 100 valence electrons. The summed E-state index contributed by atoms with van der Waals surface area (Å²) in [7, 11) is 0. The number of hydrogen-bond acceptors (Lipinski definition) is 5. The molecule has 0 saturated carbocycles. The molecule has 1 N–H and O–H groups in total. The highest BCUT2D eigenvalue weighted by molar-refractivity contribution is 7.10. The Morgan fingerprint density at radius 1 is 1.47 bits per heavy atom. The molecule has 3 heterocycles. The van der Waals surface area contributed by atoms with E-state index >= 15 is 0 Å². The highest BCUT2D eigenvalue weighted by atomic mass is 32.1. The van der Waals surface area contributed by atoms with Gasteiger partial charge in [0, 0.05) is 10.4 Å². The van der Waals surface area contributed by atoms with Gasteiger partial charge in [0.1, 0.15) is 0 Å².